The molecular weight excluding hydrogens is 242 g/mol. The summed E-state index contributed by atoms with van der Waals surface area (Å²) in [4.78, 5) is 0. The van der Waals surface area contributed by atoms with E-state index in [0.717, 1.165) is 30.2 Å². The molecule has 0 aromatic heterocycles. The Labute approximate surface area is 123 Å². The van der Waals surface area contributed by atoms with Gasteiger partial charge in [0.2, 0.25) is 0 Å². The van der Waals surface area contributed by atoms with Crippen LogP contribution in [-0.2, 0) is 0 Å². The zero-order valence-electron chi connectivity index (χ0n) is 12.6. The summed E-state index contributed by atoms with van der Waals surface area (Å²) in [5.41, 5.74) is 3.10. The second kappa shape index (κ2) is 5.18. The van der Waals surface area contributed by atoms with Gasteiger partial charge in [0.25, 0.3) is 0 Å². The van der Waals surface area contributed by atoms with Crippen LogP contribution in [0.3, 0.4) is 0 Å². The van der Waals surface area contributed by atoms with Crippen molar-refractivity contribution in [2.45, 2.75) is 57.4 Å². The lowest BCUT2D eigenvalue weighted by atomic mass is 9.79. The Bertz CT molecular complexity index is 449. The zero-order valence-corrected chi connectivity index (χ0v) is 12.6. The maximum Gasteiger partial charge on any atom is 0.0348 e. The van der Waals surface area contributed by atoms with Crippen molar-refractivity contribution < 1.29 is 0 Å². The standard InChI is InChI=1S/C19H27N/c1-2-20-19(18-11-16-10-17(16)12-18)15-8-6-14(7-9-15)13-4-3-5-13/h6-9,13,16-20H,2-5,10-12H2,1H3. The molecule has 1 N–H and O–H groups in total. The molecule has 0 heterocycles. The van der Waals surface area contributed by atoms with Crippen LogP contribution in [0, 0.1) is 17.8 Å². The first kappa shape index (κ1) is 12.9. The molecule has 0 aliphatic heterocycles. The minimum Gasteiger partial charge on any atom is -0.310 e. The molecule has 0 saturated heterocycles. The molecule has 20 heavy (non-hydrogen) atoms. The lowest BCUT2D eigenvalue weighted by Gasteiger charge is -2.28. The Morgan fingerprint density at radius 2 is 1.75 bits per heavy atom. The SMILES string of the molecule is CCNC(c1ccc(C2CCC2)cc1)C1CC2CC2C1. The normalized spacial score (nSPS) is 33.5. The smallest absolute Gasteiger partial charge is 0.0348 e. The summed E-state index contributed by atoms with van der Waals surface area (Å²) in [5.74, 6) is 3.90. The van der Waals surface area contributed by atoms with E-state index in [0.29, 0.717) is 6.04 Å². The van der Waals surface area contributed by atoms with Gasteiger partial charge in [-0.1, -0.05) is 37.6 Å². The van der Waals surface area contributed by atoms with Crippen LogP contribution in [0.4, 0.5) is 0 Å². The first-order valence-electron chi connectivity index (χ1n) is 8.68. The average Bonchev–Trinajstić information content (AvgIpc) is 3.02. The quantitative estimate of drug-likeness (QED) is 0.820. The summed E-state index contributed by atoms with van der Waals surface area (Å²) in [6.07, 6.45) is 8.69. The summed E-state index contributed by atoms with van der Waals surface area (Å²) in [6, 6.07) is 10.2. The number of rotatable bonds is 5. The van der Waals surface area contributed by atoms with E-state index in [4.69, 9.17) is 0 Å². The van der Waals surface area contributed by atoms with Crippen molar-refractivity contribution >= 4 is 0 Å². The van der Waals surface area contributed by atoms with Crippen LogP contribution >= 0.6 is 0 Å². The monoisotopic (exact) mass is 269 g/mol. The van der Waals surface area contributed by atoms with Gasteiger partial charge < -0.3 is 5.32 Å². The molecule has 4 rings (SSSR count). The van der Waals surface area contributed by atoms with Crippen LogP contribution in [0.1, 0.15) is 68.5 Å². The zero-order chi connectivity index (χ0) is 13.5. The van der Waals surface area contributed by atoms with Crippen molar-refractivity contribution in [2.24, 2.45) is 17.8 Å². The van der Waals surface area contributed by atoms with Gasteiger partial charge in [-0.15, -0.1) is 0 Å². The Hall–Kier alpha value is -0.820. The van der Waals surface area contributed by atoms with E-state index >= 15 is 0 Å². The van der Waals surface area contributed by atoms with Gasteiger partial charge in [-0.3, -0.25) is 0 Å². The van der Waals surface area contributed by atoms with Crippen molar-refractivity contribution in [1.82, 2.24) is 5.32 Å². The molecule has 3 unspecified atom stereocenters. The van der Waals surface area contributed by atoms with E-state index in [1.165, 1.54) is 44.1 Å². The molecule has 3 aliphatic rings. The summed E-state index contributed by atoms with van der Waals surface area (Å²) in [6.45, 7) is 3.33. The minimum absolute atomic E-state index is 0.600. The topological polar surface area (TPSA) is 12.0 Å². The highest BCUT2D eigenvalue weighted by molar-refractivity contribution is 5.29. The molecule has 0 spiro atoms. The molecule has 1 heteroatoms. The van der Waals surface area contributed by atoms with Gasteiger partial charge in [0.05, 0.1) is 0 Å². The van der Waals surface area contributed by atoms with Gasteiger partial charge in [-0.25, -0.2) is 0 Å². The van der Waals surface area contributed by atoms with Crippen LogP contribution in [0.25, 0.3) is 0 Å². The van der Waals surface area contributed by atoms with Gasteiger partial charge >= 0.3 is 0 Å². The van der Waals surface area contributed by atoms with E-state index in [1.807, 2.05) is 0 Å². The molecular formula is C19H27N. The molecule has 3 saturated carbocycles. The van der Waals surface area contributed by atoms with Crippen molar-refractivity contribution in [1.29, 1.82) is 0 Å². The highest BCUT2D eigenvalue weighted by atomic mass is 14.9. The summed E-state index contributed by atoms with van der Waals surface area (Å²) in [7, 11) is 0. The maximum absolute atomic E-state index is 3.76. The highest BCUT2D eigenvalue weighted by Gasteiger charge is 2.47. The van der Waals surface area contributed by atoms with E-state index in [-0.39, 0.29) is 0 Å². The number of hydrogen-bond acceptors (Lipinski definition) is 1. The third-order valence-electron chi connectivity index (χ3n) is 6.05. The van der Waals surface area contributed by atoms with Gasteiger partial charge in [0.15, 0.2) is 0 Å². The molecule has 0 bridgehead atoms. The van der Waals surface area contributed by atoms with Gasteiger partial charge in [-0.05, 0) is 73.4 Å². The molecule has 3 fully saturated rings. The summed E-state index contributed by atoms with van der Waals surface area (Å²) >= 11 is 0. The van der Waals surface area contributed by atoms with Crippen LogP contribution in [0.5, 0.6) is 0 Å². The van der Waals surface area contributed by atoms with Crippen molar-refractivity contribution in [3.8, 4) is 0 Å². The third-order valence-corrected chi connectivity index (χ3v) is 6.05. The fourth-order valence-corrected chi connectivity index (χ4v) is 4.53. The number of fused-ring (bicyclic) bond motifs is 1. The van der Waals surface area contributed by atoms with Gasteiger partial charge in [-0.2, -0.15) is 0 Å². The van der Waals surface area contributed by atoms with Crippen LogP contribution < -0.4 is 5.32 Å². The van der Waals surface area contributed by atoms with Gasteiger partial charge in [0.1, 0.15) is 0 Å². The van der Waals surface area contributed by atoms with Crippen molar-refractivity contribution in [3.63, 3.8) is 0 Å². The molecule has 0 radical (unpaired) electrons. The minimum atomic E-state index is 0.600. The lowest BCUT2D eigenvalue weighted by Crippen LogP contribution is -2.27. The Morgan fingerprint density at radius 3 is 2.30 bits per heavy atom. The molecule has 3 atom stereocenters. The molecule has 108 valence electrons. The number of nitrogens with one attached hydrogen (secondary N) is 1. The molecule has 0 amide bonds. The third kappa shape index (κ3) is 2.30. The predicted molar refractivity (Wildman–Crippen MR) is 83.8 cm³/mol. The van der Waals surface area contributed by atoms with Crippen molar-refractivity contribution in [2.75, 3.05) is 6.54 Å². The molecule has 1 aromatic carbocycles. The summed E-state index contributed by atoms with van der Waals surface area (Å²) < 4.78 is 0. The highest BCUT2D eigenvalue weighted by Crippen LogP contribution is 2.57. The maximum atomic E-state index is 3.76. The van der Waals surface area contributed by atoms with E-state index in [9.17, 15) is 0 Å². The Kier molecular flexibility index (Phi) is 3.34. The Balaban J connectivity index is 1.49. The second-order valence-corrected chi connectivity index (χ2v) is 7.32. The summed E-state index contributed by atoms with van der Waals surface area (Å²) in [5, 5.41) is 3.76. The van der Waals surface area contributed by atoms with Crippen LogP contribution in [0.2, 0.25) is 0 Å². The van der Waals surface area contributed by atoms with E-state index < -0.39 is 0 Å². The first-order valence-corrected chi connectivity index (χ1v) is 8.68. The second-order valence-electron chi connectivity index (χ2n) is 7.32. The number of hydrogen-bond donors (Lipinski definition) is 1. The van der Waals surface area contributed by atoms with Crippen LogP contribution in [-0.4, -0.2) is 6.54 Å². The first-order chi connectivity index (χ1) is 9.85. The molecule has 3 aliphatic carbocycles. The fraction of sp³-hybridized carbons (Fsp3) is 0.684. The van der Waals surface area contributed by atoms with Gasteiger partial charge in [0, 0.05) is 6.04 Å². The average molecular weight is 269 g/mol. The lowest BCUT2D eigenvalue weighted by molar-refractivity contribution is 0.346. The van der Waals surface area contributed by atoms with E-state index in [2.05, 4.69) is 36.5 Å². The van der Waals surface area contributed by atoms with E-state index in [1.54, 1.807) is 5.56 Å². The molecule has 1 nitrogen and oxygen atoms in total. The largest absolute Gasteiger partial charge is 0.310 e. The fourth-order valence-electron chi connectivity index (χ4n) is 4.53. The number of benzene rings is 1. The predicted octanol–water partition coefficient (Wildman–Crippen LogP) is 4.65. The molecule has 1 aromatic rings. The Morgan fingerprint density at radius 1 is 1.05 bits per heavy atom. The van der Waals surface area contributed by atoms with Crippen LogP contribution in [0.15, 0.2) is 24.3 Å². The van der Waals surface area contributed by atoms with Crippen molar-refractivity contribution in [3.05, 3.63) is 35.4 Å².